The van der Waals surface area contributed by atoms with Crippen LogP contribution in [0.4, 0.5) is 0 Å². The van der Waals surface area contributed by atoms with Crippen LogP contribution < -0.4 is 0 Å². The quantitative estimate of drug-likeness (QED) is 0.222. The molecule has 0 amide bonds. The fourth-order valence-corrected chi connectivity index (χ4v) is 2.32. The molecule has 1 atom stereocenters. The van der Waals surface area contributed by atoms with E-state index in [1.807, 2.05) is 0 Å². The van der Waals surface area contributed by atoms with Crippen LogP contribution in [0.3, 0.4) is 0 Å². The Hall–Kier alpha value is -0.850. The van der Waals surface area contributed by atoms with Gasteiger partial charge in [0, 0.05) is 10.1 Å². The summed E-state index contributed by atoms with van der Waals surface area (Å²) < 4.78 is 0.920. The van der Waals surface area contributed by atoms with Crippen LogP contribution >= 0.6 is 22.6 Å². The first-order valence-electron chi connectivity index (χ1n) is 5.73. The molecular weight excluding hydrogens is 331 g/mol. The highest BCUT2D eigenvalue weighted by atomic mass is 127. The Kier molecular flexibility index (Phi) is 4.58. The number of aromatic nitrogens is 1. The molecule has 0 aromatic carbocycles. The number of nitrogens with one attached hydrogen (secondary N) is 1. The van der Waals surface area contributed by atoms with E-state index in [9.17, 15) is 4.79 Å². The van der Waals surface area contributed by atoms with Gasteiger partial charge in [-0.2, -0.15) is 0 Å². The summed E-state index contributed by atoms with van der Waals surface area (Å²) in [6.07, 6.45) is 5.77. The Bertz CT molecular complexity index is 415. The number of alkyl halides is 1. The van der Waals surface area contributed by atoms with Crippen molar-refractivity contribution in [3.05, 3.63) is 23.0 Å². The molecule has 0 unspecified atom stereocenters. The van der Waals surface area contributed by atoms with E-state index in [4.69, 9.17) is 4.84 Å². The maximum atomic E-state index is 11.0. The molecular formula is C12H15IN2O2. The fourth-order valence-electron chi connectivity index (χ4n) is 2.12. The van der Waals surface area contributed by atoms with Crippen molar-refractivity contribution in [2.75, 3.05) is 11.0 Å². The first-order valence-corrected chi connectivity index (χ1v) is 7.26. The second kappa shape index (κ2) is 6.18. The fraction of sp³-hybridized carbons (Fsp3) is 0.500. The number of H-pyrrole nitrogens is 1. The molecule has 1 aliphatic carbocycles. The van der Waals surface area contributed by atoms with E-state index in [1.165, 1.54) is 5.56 Å². The minimum Gasteiger partial charge on any atom is -0.395 e. The van der Waals surface area contributed by atoms with Crippen molar-refractivity contribution in [3.8, 4) is 0 Å². The lowest BCUT2D eigenvalue weighted by Gasteiger charge is -2.16. The average Bonchev–Trinajstić information content (AvgIpc) is 2.77. The third-order valence-electron chi connectivity index (χ3n) is 2.89. The standard InChI is InChI=1S/C12H15IN2O2/c13-4-5-17-14-7-11-6-9-2-1-3-10(8-16)12(9)15-11/h6-8,10,15H,1-5H2/b14-7-/t10-/m1/s1. The highest BCUT2D eigenvalue weighted by Gasteiger charge is 2.21. The van der Waals surface area contributed by atoms with Gasteiger partial charge in [0.05, 0.1) is 17.8 Å². The van der Waals surface area contributed by atoms with E-state index in [2.05, 4.69) is 38.8 Å². The molecule has 0 fully saturated rings. The Morgan fingerprint density at radius 1 is 1.65 bits per heavy atom. The Morgan fingerprint density at radius 2 is 2.53 bits per heavy atom. The van der Waals surface area contributed by atoms with Gasteiger partial charge in [0.1, 0.15) is 12.9 Å². The van der Waals surface area contributed by atoms with Gasteiger partial charge in [-0.25, -0.2) is 0 Å². The first kappa shape index (κ1) is 12.6. The summed E-state index contributed by atoms with van der Waals surface area (Å²) in [5.41, 5.74) is 3.21. The van der Waals surface area contributed by atoms with Crippen LogP contribution in [0.2, 0.25) is 0 Å². The third-order valence-corrected chi connectivity index (χ3v) is 3.33. The number of carbonyl (C=O) groups is 1. The smallest absolute Gasteiger partial charge is 0.128 e. The minimum atomic E-state index is 0.0242. The monoisotopic (exact) mass is 346 g/mol. The van der Waals surface area contributed by atoms with Crippen molar-refractivity contribution < 1.29 is 9.63 Å². The topological polar surface area (TPSA) is 54.4 Å². The summed E-state index contributed by atoms with van der Waals surface area (Å²) in [5.74, 6) is 0.0242. The summed E-state index contributed by atoms with van der Waals surface area (Å²) in [6.45, 7) is 0.619. The number of carbonyl (C=O) groups excluding carboxylic acids is 1. The van der Waals surface area contributed by atoms with E-state index in [0.717, 1.165) is 41.4 Å². The molecule has 4 nitrogen and oxygen atoms in total. The van der Waals surface area contributed by atoms with Crippen molar-refractivity contribution in [2.45, 2.75) is 25.2 Å². The number of hydrogen-bond donors (Lipinski definition) is 1. The zero-order valence-electron chi connectivity index (χ0n) is 9.49. The number of aromatic amines is 1. The van der Waals surface area contributed by atoms with Crippen LogP contribution in [0.15, 0.2) is 11.2 Å². The average molecular weight is 346 g/mol. The predicted octanol–water partition coefficient (Wildman–Crippen LogP) is 2.42. The molecule has 0 radical (unpaired) electrons. The Balaban J connectivity index is 2.08. The van der Waals surface area contributed by atoms with Crippen LogP contribution in [0, 0.1) is 0 Å². The van der Waals surface area contributed by atoms with Crippen molar-refractivity contribution >= 4 is 35.1 Å². The van der Waals surface area contributed by atoms with Crippen LogP contribution in [-0.4, -0.2) is 28.5 Å². The molecule has 17 heavy (non-hydrogen) atoms. The van der Waals surface area contributed by atoms with Gasteiger partial charge in [0.25, 0.3) is 0 Å². The third kappa shape index (κ3) is 3.08. The first-order chi connectivity index (χ1) is 8.35. The zero-order valence-corrected chi connectivity index (χ0v) is 11.6. The van der Waals surface area contributed by atoms with Gasteiger partial charge < -0.3 is 14.6 Å². The van der Waals surface area contributed by atoms with E-state index >= 15 is 0 Å². The normalized spacial score (nSPS) is 19.2. The maximum absolute atomic E-state index is 11.0. The Morgan fingerprint density at radius 3 is 3.29 bits per heavy atom. The summed E-state index contributed by atoms with van der Waals surface area (Å²) >= 11 is 2.23. The number of halogens is 1. The number of oxime groups is 1. The van der Waals surface area contributed by atoms with Gasteiger partial charge in [0.15, 0.2) is 0 Å². The van der Waals surface area contributed by atoms with E-state index < -0.39 is 0 Å². The number of rotatable bonds is 5. The summed E-state index contributed by atoms with van der Waals surface area (Å²) in [5, 5.41) is 3.88. The van der Waals surface area contributed by atoms with Crippen LogP contribution in [0.5, 0.6) is 0 Å². The lowest BCUT2D eigenvalue weighted by atomic mass is 9.89. The maximum Gasteiger partial charge on any atom is 0.128 e. The molecule has 0 saturated heterocycles. The molecule has 2 rings (SSSR count). The van der Waals surface area contributed by atoms with Crippen molar-refractivity contribution in [3.63, 3.8) is 0 Å². The van der Waals surface area contributed by atoms with Crippen LogP contribution in [0.25, 0.3) is 0 Å². The molecule has 1 aliphatic rings. The second-order valence-electron chi connectivity index (χ2n) is 4.06. The van der Waals surface area contributed by atoms with E-state index in [1.54, 1.807) is 6.21 Å². The number of nitrogens with zero attached hydrogens (tertiary/aromatic N) is 1. The number of hydrogen-bond acceptors (Lipinski definition) is 3. The van der Waals surface area contributed by atoms with Gasteiger partial charge in [-0.05, 0) is 30.9 Å². The summed E-state index contributed by atoms with van der Waals surface area (Å²) in [7, 11) is 0. The van der Waals surface area contributed by atoms with Crippen molar-refractivity contribution in [1.29, 1.82) is 0 Å². The van der Waals surface area contributed by atoms with Gasteiger partial charge in [-0.15, -0.1) is 0 Å². The highest BCUT2D eigenvalue weighted by molar-refractivity contribution is 14.1. The molecule has 5 heteroatoms. The minimum absolute atomic E-state index is 0.0242. The zero-order chi connectivity index (χ0) is 12.1. The molecule has 1 heterocycles. The van der Waals surface area contributed by atoms with Gasteiger partial charge in [-0.3, -0.25) is 0 Å². The van der Waals surface area contributed by atoms with Gasteiger partial charge >= 0.3 is 0 Å². The van der Waals surface area contributed by atoms with Crippen molar-refractivity contribution in [1.82, 2.24) is 4.98 Å². The van der Waals surface area contributed by atoms with E-state index in [-0.39, 0.29) is 5.92 Å². The SMILES string of the molecule is O=C[C@H]1CCCc2cc(/C=N\OCCI)[nH]c21. The molecule has 1 aromatic rings. The highest BCUT2D eigenvalue weighted by Crippen LogP contribution is 2.29. The molecule has 92 valence electrons. The lowest BCUT2D eigenvalue weighted by molar-refractivity contribution is -0.109. The molecule has 1 aromatic heterocycles. The molecule has 0 bridgehead atoms. The van der Waals surface area contributed by atoms with Gasteiger partial charge in [0.2, 0.25) is 0 Å². The molecule has 0 aliphatic heterocycles. The van der Waals surface area contributed by atoms with E-state index in [0.29, 0.717) is 6.61 Å². The lowest BCUT2D eigenvalue weighted by Crippen LogP contribution is -2.09. The summed E-state index contributed by atoms with van der Waals surface area (Å²) in [6, 6.07) is 2.06. The van der Waals surface area contributed by atoms with Crippen molar-refractivity contribution in [2.24, 2.45) is 5.16 Å². The molecule has 1 N–H and O–H groups in total. The second-order valence-corrected chi connectivity index (χ2v) is 5.13. The Labute approximate surface area is 114 Å². The largest absolute Gasteiger partial charge is 0.395 e. The summed E-state index contributed by atoms with van der Waals surface area (Å²) in [4.78, 5) is 19.2. The number of aldehydes is 1. The van der Waals surface area contributed by atoms with Gasteiger partial charge in [-0.1, -0.05) is 27.7 Å². The predicted molar refractivity (Wildman–Crippen MR) is 75.0 cm³/mol. The molecule has 0 spiro atoms. The van der Waals surface area contributed by atoms with Crippen LogP contribution in [0.1, 0.15) is 35.7 Å². The molecule has 0 saturated carbocycles. The van der Waals surface area contributed by atoms with Crippen LogP contribution in [-0.2, 0) is 16.1 Å². The number of fused-ring (bicyclic) bond motifs is 1. The number of aryl methyl sites for hydroxylation is 1.